The fourth-order valence-electron chi connectivity index (χ4n) is 5.07. The van der Waals surface area contributed by atoms with Gasteiger partial charge in [0.25, 0.3) is 0 Å². The lowest BCUT2D eigenvalue weighted by atomic mass is 9.98. The van der Waals surface area contributed by atoms with Crippen molar-refractivity contribution in [1.82, 2.24) is 10.2 Å². The van der Waals surface area contributed by atoms with Gasteiger partial charge in [0.05, 0.1) is 0 Å². The van der Waals surface area contributed by atoms with Crippen LogP contribution in [0.25, 0.3) is 11.1 Å². The van der Waals surface area contributed by atoms with E-state index in [0.717, 1.165) is 49.5 Å². The van der Waals surface area contributed by atoms with Crippen LogP contribution in [-0.4, -0.2) is 51.9 Å². The van der Waals surface area contributed by atoms with E-state index < -0.39 is 14.2 Å². The van der Waals surface area contributed by atoms with Crippen molar-refractivity contribution in [2.24, 2.45) is 0 Å². The van der Waals surface area contributed by atoms with Crippen molar-refractivity contribution in [3.05, 3.63) is 89.0 Å². The first-order valence-corrected chi connectivity index (χ1v) is 16.6. The molecule has 2 N–H and O–H groups in total. The zero-order valence-electron chi connectivity index (χ0n) is 21.9. The number of piperazine rings is 1. The molecule has 2 aliphatic rings. The second-order valence-corrected chi connectivity index (χ2v) is 15.6. The van der Waals surface area contributed by atoms with Gasteiger partial charge in [0.1, 0.15) is 14.7 Å². The zero-order chi connectivity index (χ0) is 25.8. The molecule has 1 saturated heterocycles. The van der Waals surface area contributed by atoms with Gasteiger partial charge in [0.15, 0.2) is 0 Å². The van der Waals surface area contributed by atoms with Gasteiger partial charge in [0.2, 0.25) is 0 Å². The van der Waals surface area contributed by atoms with Crippen LogP contribution in [0.4, 0.5) is 10.5 Å². The number of hydrogen-bond donors (Lipinski definition) is 2. The Morgan fingerprint density at radius 3 is 2.30 bits per heavy atom. The van der Waals surface area contributed by atoms with Gasteiger partial charge in [-0.2, -0.15) is 0 Å². The summed E-state index contributed by atoms with van der Waals surface area (Å²) in [6.45, 7) is 11.9. The number of benzene rings is 3. The lowest BCUT2D eigenvalue weighted by Gasteiger charge is -2.27. The molecule has 5 nitrogen and oxygen atoms in total. The van der Waals surface area contributed by atoms with Gasteiger partial charge in [-0.25, -0.2) is 4.79 Å². The molecule has 0 spiro atoms. The van der Waals surface area contributed by atoms with Crippen LogP contribution in [0.3, 0.4) is 0 Å². The number of anilines is 1. The van der Waals surface area contributed by atoms with E-state index in [1.54, 1.807) is 0 Å². The Hall–Kier alpha value is -3.37. The summed E-state index contributed by atoms with van der Waals surface area (Å²) < 4.78 is 5.79. The molecule has 0 atom stereocenters. The van der Waals surface area contributed by atoms with Crippen LogP contribution in [0.15, 0.2) is 66.7 Å². The maximum atomic E-state index is 12.9. The summed E-state index contributed by atoms with van der Waals surface area (Å²) >= 11 is 0. The molecular formula is C31H35N3O2Si. The quantitative estimate of drug-likeness (QED) is 0.343. The summed E-state index contributed by atoms with van der Waals surface area (Å²) in [4.78, 5) is 15.4. The van der Waals surface area contributed by atoms with E-state index in [4.69, 9.17) is 4.74 Å². The Bertz CT molecular complexity index is 1300. The monoisotopic (exact) mass is 509 g/mol. The minimum absolute atomic E-state index is 0.0374. The van der Waals surface area contributed by atoms with E-state index in [-0.39, 0.29) is 5.92 Å². The van der Waals surface area contributed by atoms with Gasteiger partial charge < -0.3 is 10.1 Å². The van der Waals surface area contributed by atoms with Gasteiger partial charge in [-0.3, -0.25) is 10.2 Å². The number of carbonyl (C=O) groups is 1. The van der Waals surface area contributed by atoms with Crippen molar-refractivity contribution in [2.45, 2.75) is 32.1 Å². The fraction of sp³-hybridized carbons (Fsp3) is 0.323. The third-order valence-corrected chi connectivity index (χ3v) is 7.66. The van der Waals surface area contributed by atoms with Gasteiger partial charge in [-0.1, -0.05) is 74.1 Å². The molecule has 1 aliphatic heterocycles. The van der Waals surface area contributed by atoms with Crippen LogP contribution in [0.1, 0.15) is 28.2 Å². The highest BCUT2D eigenvalue weighted by molar-refractivity contribution is 6.83. The van der Waals surface area contributed by atoms with E-state index in [9.17, 15) is 4.79 Å². The van der Waals surface area contributed by atoms with Crippen LogP contribution in [-0.2, 0) is 11.3 Å². The van der Waals surface area contributed by atoms with Crippen molar-refractivity contribution in [1.29, 1.82) is 0 Å². The van der Waals surface area contributed by atoms with Crippen molar-refractivity contribution in [2.75, 3.05) is 38.1 Å². The van der Waals surface area contributed by atoms with E-state index in [2.05, 4.69) is 89.1 Å². The molecule has 1 amide bonds. The third-order valence-electron chi connectivity index (χ3n) is 6.78. The topological polar surface area (TPSA) is 53.6 Å². The molecule has 1 aliphatic carbocycles. The van der Waals surface area contributed by atoms with Crippen LogP contribution in [0.5, 0.6) is 0 Å². The highest BCUT2D eigenvalue weighted by Gasteiger charge is 2.29. The average molecular weight is 510 g/mol. The molecule has 190 valence electrons. The van der Waals surface area contributed by atoms with Crippen LogP contribution in [0, 0.1) is 11.5 Å². The second kappa shape index (κ2) is 10.9. The maximum absolute atomic E-state index is 12.9. The van der Waals surface area contributed by atoms with Gasteiger partial charge in [-0.05, 0) is 46.0 Å². The number of amides is 1. The fourth-order valence-corrected chi connectivity index (χ4v) is 5.59. The molecule has 1 heterocycles. The standard InChI is InChI=1S/C31H35N3O2Si/c1-37(2,3)17-12-23-18-24(21-34-15-13-32-14-16-34)20-25(19-23)33-31(35)36-22-30-28-10-6-4-8-26(28)27-9-5-7-11-29(27)30/h4-11,18-20,30,32H,13-16,21-22H2,1-3H3,(H,33,35). The number of rotatable bonds is 5. The molecule has 6 heteroatoms. The van der Waals surface area contributed by atoms with Gasteiger partial charge >= 0.3 is 6.09 Å². The van der Waals surface area contributed by atoms with Gasteiger partial charge in [0, 0.05) is 49.9 Å². The maximum Gasteiger partial charge on any atom is 0.411 e. The van der Waals surface area contributed by atoms with Crippen molar-refractivity contribution >= 4 is 19.9 Å². The normalized spacial score (nSPS) is 15.3. The summed E-state index contributed by atoms with van der Waals surface area (Å²) in [5.41, 5.74) is 11.1. The lowest BCUT2D eigenvalue weighted by molar-refractivity contribution is 0.158. The first-order chi connectivity index (χ1) is 17.9. The van der Waals surface area contributed by atoms with E-state index >= 15 is 0 Å². The van der Waals surface area contributed by atoms with Crippen molar-refractivity contribution in [3.8, 4) is 22.6 Å². The SMILES string of the molecule is C[Si](C)(C)C#Cc1cc(CN2CCNCC2)cc(NC(=O)OCC2c3ccccc3-c3ccccc32)c1. The number of carbonyl (C=O) groups excluding carboxylic acids is 1. The van der Waals surface area contributed by atoms with E-state index in [1.807, 2.05) is 24.3 Å². The molecule has 0 radical (unpaired) electrons. The van der Waals surface area contributed by atoms with Crippen molar-refractivity contribution in [3.63, 3.8) is 0 Å². The summed E-state index contributed by atoms with van der Waals surface area (Å²) in [6, 6.07) is 22.9. The average Bonchev–Trinajstić information content (AvgIpc) is 3.20. The van der Waals surface area contributed by atoms with E-state index in [0.29, 0.717) is 6.61 Å². The second-order valence-electron chi connectivity index (χ2n) is 10.9. The Balaban J connectivity index is 1.31. The molecule has 5 rings (SSSR count). The van der Waals surface area contributed by atoms with Crippen LogP contribution < -0.4 is 10.6 Å². The van der Waals surface area contributed by atoms with Crippen molar-refractivity contribution < 1.29 is 9.53 Å². The van der Waals surface area contributed by atoms with E-state index in [1.165, 1.54) is 22.3 Å². The molecule has 0 unspecified atom stereocenters. The highest BCUT2D eigenvalue weighted by Crippen LogP contribution is 2.44. The number of hydrogen-bond acceptors (Lipinski definition) is 4. The largest absolute Gasteiger partial charge is 0.448 e. The lowest BCUT2D eigenvalue weighted by Crippen LogP contribution is -2.42. The molecular weight excluding hydrogens is 474 g/mol. The smallest absolute Gasteiger partial charge is 0.411 e. The Kier molecular flexibility index (Phi) is 7.47. The van der Waals surface area contributed by atoms with Crippen LogP contribution in [0.2, 0.25) is 19.6 Å². The number of ether oxygens (including phenoxy) is 1. The third kappa shape index (κ3) is 6.31. The molecule has 3 aromatic carbocycles. The minimum atomic E-state index is -1.53. The molecule has 1 fully saturated rings. The first-order valence-electron chi connectivity index (χ1n) is 13.1. The number of nitrogens with zero attached hydrogens (tertiary/aromatic N) is 1. The summed E-state index contributed by atoms with van der Waals surface area (Å²) in [5.74, 6) is 3.40. The highest BCUT2D eigenvalue weighted by atomic mass is 28.3. The molecule has 0 bridgehead atoms. The molecule has 0 aromatic heterocycles. The Morgan fingerprint density at radius 1 is 1.00 bits per heavy atom. The Labute approximate surface area is 221 Å². The minimum Gasteiger partial charge on any atom is -0.448 e. The molecule has 3 aromatic rings. The predicted molar refractivity (Wildman–Crippen MR) is 154 cm³/mol. The number of nitrogens with one attached hydrogen (secondary N) is 2. The first kappa shape index (κ1) is 25.3. The van der Waals surface area contributed by atoms with Crippen LogP contribution >= 0.6 is 0 Å². The Morgan fingerprint density at radius 2 is 1.65 bits per heavy atom. The summed E-state index contributed by atoms with van der Waals surface area (Å²) in [5, 5.41) is 6.38. The molecule has 0 saturated carbocycles. The summed E-state index contributed by atoms with van der Waals surface area (Å²) in [6.07, 6.45) is -0.440. The zero-order valence-corrected chi connectivity index (χ0v) is 22.9. The molecule has 37 heavy (non-hydrogen) atoms. The number of fused-ring (bicyclic) bond motifs is 3. The predicted octanol–water partition coefficient (Wildman–Crippen LogP) is 5.68. The summed E-state index contributed by atoms with van der Waals surface area (Å²) in [7, 11) is -1.53. The van der Waals surface area contributed by atoms with Gasteiger partial charge in [-0.15, -0.1) is 5.54 Å².